The molecule has 2 rings (SSSR count). The standard InChI is InChI=1S/C14H15ClN4O2S/c1-2-8-22-14-17-12(15)11(19(20)21)13(18-14)16-9-10-6-4-3-5-7-10/h3-7H,2,8-9H2,1H3,(H,16,17,18). The molecule has 116 valence electrons. The van der Waals surface area contributed by atoms with E-state index in [1.54, 1.807) is 0 Å². The van der Waals surface area contributed by atoms with Gasteiger partial charge in [0.15, 0.2) is 5.16 Å². The van der Waals surface area contributed by atoms with Gasteiger partial charge >= 0.3 is 5.69 Å². The van der Waals surface area contributed by atoms with Crippen LogP contribution in [0.1, 0.15) is 18.9 Å². The normalized spacial score (nSPS) is 10.5. The fraction of sp³-hybridized carbons (Fsp3) is 0.286. The van der Waals surface area contributed by atoms with E-state index in [1.165, 1.54) is 11.8 Å². The van der Waals surface area contributed by atoms with Crippen molar-refractivity contribution >= 4 is 34.9 Å². The molecule has 6 nitrogen and oxygen atoms in total. The van der Waals surface area contributed by atoms with Crippen LogP contribution < -0.4 is 5.32 Å². The number of rotatable bonds is 7. The Morgan fingerprint density at radius 2 is 2.05 bits per heavy atom. The number of nitrogens with zero attached hydrogens (tertiary/aromatic N) is 3. The van der Waals surface area contributed by atoms with E-state index in [1.807, 2.05) is 37.3 Å². The molecule has 1 aromatic carbocycles. The highest BCUT2D eigenvalue weighted by atomic mass is 35.5. The van der Waals surface area contributed by atoms with Crippen LogP contribution in [0.5, 0.6) is 0 Å². The van der Waals surface area contributed by atoms with Crippen LogP contribution in [0.25, 0.3) is 0 Å². The Hall–Kier alpha value is -1.86. The molecule has 0 unspecified atom stereocenters. The quantitative estimate of drug-likeness (QED) is 0.268. The van der Waals surface area contributed by atoms with Crippen LogP contribution in [0.4, 0.5) is 11.5 Å². The second kappa shape index (κ2) is 7.95. The summed E-state index contributed by atoms with van der Waals surface area (Å²) in [7, 11) is 0. The molecule has 22 heavy (non-hydrogen) atoms. The lowest BCUT2D eigenvalue weighted by Crippen LogP contribution is -2.07. The fourth-order valence-electron chi connectivity index (χ4n) is 1.73. The van der Waals surface area contributed by atoms with E-state index in [2.05, 4.69) is 15.3 Å². The highest BCUT2D eigenvalue weighted by molar-refractivity contribution is 7.99. The van der Waals surface area contributed by atoms with Crippen LogP contribution in [-0.2, 0) is 6.54 Å². The van der Waals surface area contributed by atoms with E-state index in [0.717, 1.165) is 17.7 Å². The van der Waals surface area contributed by atoms with Crippen LogP contribution in [0, 0.1) is 10.1 Å². The molecule has 0 aliphatic rings. The molecule has 0 atom stereocenters. The zero-order valence-electron chi connectivity index (χ0n) is 12.0. The van der Waals surface area contributed by atoms with Crippen molar-refractivity contribution in [2.45, 2.75) is 25.0 Å². The third-order valence-electron chi connectivity index (χ3n) is 2.74. The molecule has 1 heterocycles. The van der Waals surface area contributed by atoms with Gasteiger partial charge in [-0.25, -0.2) is 4.98 Å². The monoisotopic (exact) mass is 338 g/mol. The number of aromatic nitrogens is 2. The van der Waals surface area contributed by atoms with Gasteiger partial charge in [0.05, 0.1) is 4.92 Å². The molecule has 0 fully saturated rings. The molecule has 0 saturated heterocycles. The number of hydrogen-bond donors (Lipinski definition) is 1. The van der Waals surface area contributed by atoms with Crippen molar-refractivity contribution in [2.75, 3.05) is 11.1 Å². The van der Waals surface area contributed by atoms with Gasteiger partial charge in [-0.05, 0) is 12.0 Å². The SMILES string of the molecule is CCCSc1nc(Cl)c([N+](=O)[O-])c(NCc2ccccc2)n1. The maximum atomic E-state index is 11.2. The average molecular weight is 339 g/mol. The van der Waals surface area contributed by atoms with Gasteiger partial charge in [-0.1, -0.05) is 60.6 Å². The first-order valence-corrected chi connectivity index (χ1v) is 8.10. The highest BCUT2D eigenvalue weighted by Crippen LogP contribution is 2.32. The van der Waals surface area contributed by atoms with Gasteiger partial charge < -0.3 is 5.32 Å². The lowest BCUT2D eigenvalue weighted by molar-refractivity contribution is -0.384. The molecule has 0 spiro atoms. The molecule has 0 aliphatic carbocycles. The second-order valence-corrected chi connectivity index (χ2v) is 5.86. The fourth-order valence-corrected chi connectivity index (χ4v) is 2.72. The highest BCUT2D eigenvalue weighted by Gasteiger charge is 2.23. The van der Waals surface area contributed by atoms with Crippen molar-refractivity contribution in [1.29, 1.82) is 0 Å². The summed E-state index contributed by atoms with van der Waals surface area (Å²) in [6.45, 7) is 2.46. The Morgan fingerprint density at radius 1 is 1.32 bits per heavy atom. The Morgan fingerprint density at radius 3 is 2.68 bits per heavy atom. The zero-order valence-corrected chi connectivity index (χ0v) is 13.5. The third-order valence-corrected chi connectivity index (χ3v) is 4.06. The summed E-state index contributed by atoms with van der Waals surface area (Å²) in [5, 5.41) is 14.4. The molecule has 0 aliphatic heterocycles. The van der Waals surface area contributed by atoms with E-state index >= 15 is 0 Å². The molecular formula is C14H15ClN4O2S. The van der Waals surface area contributed by atoms with Crippen molar-refractivity contribution in [1.82, 2.24) is 9.97 Å². The summed E-state index contributed by atoms with van der Waals surface area (Å²) in [4.78, 5) is 18.8. The maximum absolute atomic E-state index is 11.2. The van der Waals surface area contributed by atoms with E-state index < -0.39 is 4.92 Å². The van der Waals surface area contributed by atoms with Crippen LogP contribution in [0.3, 0.4) is 0 Å². The Bertz CT molecular complexity index is 655. The number of halogens is 1. The molecule has 0 radical (unpaired) electrons. The number of hydrogen-bond acceptors (Lipinski definition) is 6. The summed E-state index contributed by atoms with van der Waals surface area (Å²) in [6.07, 6.45) is 0.954. The van der Waals surface area contributed by atoms with Crippen molar-refractivity contribution in [3.8, 4) is 0 Å². The van der Waals surface area contributed by atoms with Gasteiger partial charge in [-0.2, -0.15) is 4.98 Å². The first-order chi connectivity index (χ1) is 10.6. The predicted molar refractivity (Wildman–Crippen MR) is 88.5 cm³/mol. The van der Waals surface area contributed by atoms with E-state index in [9.17, 15) is 10.1 Å². The first kappa shape index (κ1) is 16.5. The summed E-state index contributed by atoms with van der Waals surface area (Å²) >= 11 is 7.37. The molecule has 0 saturated carbocycles. The minimum Gasteiger partial charge on any atom is -0.360 e. The van der Waals surface area contributed by atoms with Gasteiger partial charge in [-0.3, -0.25) is 10.1 Å². The number of nitro groups is 1. The molecular weight excluding hydrogens is 324 g/mol. The Balaban J connectivity index is 2.25. The van der Waals surface area contributed by atoms with Crippen LogP contribution in [0.2, 0.25) is 5.15 Å². The topological polar surface area (TPSA) is 81.0 Å². The van der Waals surface area contributed by atoms with E-state index in [0.29, 0.717) is 11.7 Å². The van der Waals surface area contributed by atoms with Crippen molar-refractivity contribution in [3.63, 3.8) is 0 Å². The largest absolute Gasteiger partial charge is 0.360 e. The number of anilines is 1. The summed E-state index contributed by atoms with van der Waals surface area (Å²) in [5.74, 6) is 0.971. The summed E-state index contributed by atoms with van der Waals surface area (Å²) in [6, 6.07) is 9.57. The van der Waals surface area contributed by atoms with Crippen molar-refractivity contribution in [2.24, 2.45) is 0 Å². The lowest BCUT2D eigenvalue weighted by Gasteiger charge is -2.08. The minimum absolute atomic E-state index is 0.144. The molecule has 8 heteroatoms. The van der Waals surface area contributed by atoms with Gasteiger partial charge in [-0.15, -0.1) is 0 Å². The van der Waals surface area contributed by atoms with Gasteiger partial charge in [0.1, 0.15) is 0 Å². The molecule has 1 aromatic heterocycles. The molecule has 0 amide bonds. The summed E-state index contributed by atoms with van der Waals surface area (Å²) < 4.78 is 0. The Labute approximate surface area is 137 Å². The van der Waals surface area contributed by atoms with Crippen molar-refractivity contribution < 1.29 is 4.92 Å². The third kappa shape index (κ3) is 4.32. The lowest BCUT2D eigenvalue weighted by atomic mass is 10.2. The first-order valence-electron chi connectivity index (χ1n) is 6.74. The molecule has 2 aromatic rings. The van der Waals surface area contributed by atoms with Crippen LogP contribution >= 0.6 is 23.4 Å². The maximum Gasteiger partial charge on any atom is 0.348 e. The number of thioether (sulfide) groups is 1. The summed E-state index contributed by atoms with van der Waals surface area (Å²) in [5.41, 5.74) is 0.702. The van der Waals surface area contributed by atoms with Crippen molar-refractivity contribution in [3.05, 3.63) is 51.2 Å². The van der Waals surface area contributed by atoms with E-state index in [-0.39, 0.29) is 16.7 Å². The number of benzene rings is 1. The molecule has 1 N–H and O–H groups in total. The van der Waals surface area contributed by atoms with E-state index in [4.69, 9.17) is 11.6 Å². The smallest absolute Gasteiger partial charge is 0.348 e. The van der Waals surface area contributed by atoms with Gasteiger partial charge in [0.2, 0.25) is 11.0 Å². The van der Waals surface area contributed by atoms with Crippen LogP contribution in [0.15, 0.2) is 35.5 Å². The molecule has 0 bridgehead atoms. The van der Waals surface area contributed by atoms with Gasteiger partial charge in [0.25, 0.3) is 0 Å². The van der Waals surface area contributed by atoms with Crippen LogP contribution in [-0.4, -0.2) is 20.6 Å². The second-order valence-electron chi connectivity index (χ2n) is 4.44. The Kier molecular flexibility index (Phi) is 5.97. The average Bonchev–Trinajstić information content (AvgIpc) is 2.51. The minimum atomic E-state index is -0.566. The zero-order chi connectivity index (χ0) is 15.9. The number of nitrogens with one attached hydrogen (secondary N) is 1. The predicted octanol–water partition coefficient (Wildman–Crippen LogP) is 4.15. The van der Waals surface area contributed by atoms with Gasteiger partial charge in [0, 0.05) is 12.3 Å².